The lowest BCUT2D eigenvalue weighted by Crippen LogP contribution is -2.09. The maximum absolute atomic E-state index is 12.3. The topological polar surface area (TPSA) is 55.1 Å². The Hall–Kier alpha value is -3.66. The van der Waals surface area contributed by atoms with Gasteiger partial charge in [0.05, 0.1) is 0 Å². The van der Waals surface area contributed by atoms with Crippen molar-refractivity contribution in [3.05, 3.63) is 89.5 Å². The van der Waals surface area contributed by atoms with Gasteiger partial charge in [0.2, 0.25) is 11.8 Å². The van der Waals surface area contributed by atoms with E-state index in [9.17, 15) is 4.79 Å². The van der Waals surface area contributed by atoms with Crippen LogP contribution in [0.3, 0.4) is 0 Å². The summed E-state index contributed by atoms with van der Waals surface area (Å²) in [5, 5.41) is 2.94. The fourth-order valence-corrected chi connectivity index (χ4v) is 2.96. The van der Waals surface area contributed by atoms with E-state index in [4.69, 9.17) is 4.42 Å². The number of hydrogen-bond donors (Lipinski definition) is 1. The van der Waals surface area contributed by atoms with Crippen LogP contribution in [-0.2, 0) is 4.79 Å². The average Bonchev–Trinajstić information content (AvgIpc) is 3.12. The van der Waals surface area contributed by atoms with Crippen LogP contribution in [0.4, 0.5) is 5.69 Å². The molecule has 1 heterocycles. The number of aromatic nitrogens is 1. The molecule has 1 amide bonds. The van der Waals surface area contributed by atoms with Crippen molar-refractivity contribution in [3.63, 3.8) is 0 Å². The molecule has 0 radical (unpaired) electrons. The van der Waals surface area contributed by atoms with E-state index in [2.05, 4.69) is 10.3 Å². The Morgan fingerprint density at radius 2 is 1.82 bits per heavy atom. The second-order valence-electron chi connectivity index (χ2n) is 6.75. The zero-order valence-electron chi connectivity index (χ0n) is 15.8. The van der Waals surface area contributed by atoms with Crippen LogP contribution in [-0.4, -0.2) is 10.9 Å². The van der Waals surface area contributed by atoms with Gasteiger partial charge in [-0.05, 0) is 60.9 Å². The van der Waals surface area contributed by atoms with Crippen LogP contribution in [0.5, 0.6) is 0 Å². The highest BCUT2D eigenvalue weighted by molar-refractivity contribution is 6.02. The highest BCUT2D eigenvalue weighted by atomic mass is 16.3. The number of hydrogen-bond acceptors (Lipinski definition) is 3. The number of carbonyl (C=O) groups is 1. The van der Waals surface area contributed by atoms with Crippen molar-refractivity contribution in [2.75, 3.05) is 5.32 Å². The molecule has 1 N–H and O–H groups in total. The molecule has 0 unspecified atom stereocenters. The van der Waals surface area contributed by atoms with E-state index in [0.717, 1.165) is 39.0 Å². The number of amides is 1. The van der Waals surface area contributed by atoms with Gasteiger partial charge in [0, 0.05) is 17.3 Å². The number of benzene rings is 3. The van der Waals surface area contributed by atoms with Crippen molar-refractivity contribution in [2.24, 2.45) is 0 Å². The third-order valence-electron chi connectivity index (χ3n) is 4.51. The van der Waals surface area contributed by atoms with Gasteiger partial charge in [-0.25, -0.2) is 4.98 Å². The third-order valence-corrected chi connectivity index (χ3v) is 4.51. The van der Waals surface area contributed by atoms with Crippen LogP contribution >= 0.6 is 0 Å². The van der Waals surface area contributed by atoms with Gasteiger partial charge in [-0.1, -0.05) is 42.5 Å². The van der Waals surface area contributed by atoms with Crippen molar-refractivity contribution < 1.29 is 9.21 Å². The molecule has 4 aromatic rings. The van der Waals surface area contributed by atoms with Crippen LogP contribution in [0.1, 0.15) is 16.7 Å². The first-order valence-electron chi connectivity index (χ1n) is 9.11. The number of carbonyl (C=O) groups excluding carboxylic acids is 1. The predicted octanol–water partition coefficient (Wildman–Crippen LogP) is 5.76. The third kappa shape index (κ3) is 3.86. The van der Waals surface area contributed by atoms with Crippen molar-refractivity contribution in [2.45, 2.75) is 13.8 Å². The van der Waals surface area contributed by atoms with Crippen LogP contribution < -0.4 is 5.32 Å². The van der Waals surface area contributed by atoms with E-state index < -0.39 is 0 Å². The fraction of sp³-hybridized carbons (Fsp3) is 0.0833. The van der Waals surface area contributed by atoms with Crippen molar-refractivity contribution in [1.82, 2.24) is 4.98 Å². The quantitative estimate of drug-likeness (QED) is 0.466. The molecule has 0 saturated heterocycles. The fourth-order valence-electron chi connectivity index (χ4n) is 2.96. The molecule has 4 heteroatoms. The Kier molecular flexibility index (Phi) is 4.77. The second-order valence-corrected chi connectivity index (χ2v) is 6.75. The normalized spacial score (nSPS) is 11.2. The molecule has 0 aliphatic carbocycles. The van der Waals surface area contributed by atoms with Gasteiger partial charge in [0.25, 0.3) is 0 Å². The molecule has 3 aromatic carbocycles. The molecule has 28 heavy (non-hydrogen) atoms. The molecule has 0 aliphatic rings. The standard InChI is InChI=1S/C24H20N2O2/c1-16-8-12-20-22(14-16)28-24(26-20)19-11-9-17(2)21(15-19)25-23(27)13-10-18-6-4-3-5-7-18/h3-15H,1-2H3,(H,25,27). The van der Waals surface area contributed by atoms with E-state index in [1.165, 1.54) is 6.08 Å². The molecule has 4 nitrogen and oxygen atoms in total. The van der Waals surface area contributed by atoms with E-state index in [1.807, 2.05) is 80.6 Å². The minimum absolute atomic E-state index is 0.183. The molecule has 0 atom stereocenters. The summed E-state index contributed by atoms with van der Waals surface area (Å²) in [6.07, 6.45) is 3.32. The summed E-state index contributed by atoms with van der Waals surface area (Å²) in [4.78, 5) is 16.9. The maximum atomic E-state index is 12.3. The first-order valence-corrected chi connectivity index (χ1v) is 9.11. The Balaban J connectivity index is 1.58. The minimum Gasteiger partial charge on any atom is -0.436 e. The smallest absolute Gasteiger partial charge is 0.248 e. The van der Waals surface area contributed by atoms with Crippen LogP contribution in [0.15, 0.2) is 77.2 Å². The second kappa shape index (κ2) is 7.53. The minimum atomic E-state index is -0.183. The molecule has 4 rings (SSSR count). The molecule has 0 aliphatic heterocycles. The Bertz CT molecular complexity index is 1170. The first-order chi connectivity index (χ1) is 13.6. The predicted molar refractivity (Wildman–Crippen MR) is 113 cm³/mol. The molecule has 0 fully saturated rings. The first kappa shape index (κ1) is 17.7. The molecule has 0 bridgehead atoms. The van der Waals surface area contributed by atoms with Crippen LogP contribution in [0.2, 0.25) is 0 Å². The van der Waals surface area contributed by atoms with Crippen molar-refractivity contribution in [1.29, 1.82) is 0 Å². The van der Waals surface area contributed by atoms with Gasteiger partial charge >= 0.3 is 0 Å². The highest BCUT2D eigenvalue weighted by Gasteiger charge is 2.11. The summed E-state index contributed by atoms with van der Waals surface area (Å²) in [5.74, 6) is 0.355. The van der Waals surface area contributed by atoms with Crippen molar-refractivity contribution in [3.8, 4) is 11.5 Å². The van der Waals surface area contributed by atoms with E-state index in [0.29, 0.717) is 5.89 Å². The van der Waals surface area contributed by atoms with Gasteiger partial charge in [0.15, 0.2) is 5.58 Å². The summed E-state index contributed by atoms with van der Waals surface area (Å²) in [5.41, 5.74) is 6.20. The molecule has 0 saturated carbocycles. The highest BCUT2D eigenvalue weighted by Crippen LogP contribution is 2.28. The molecular formula is C24H20N2O2. The number of fused-ring (bicyclic) bond motifs is 1. The van der Waals surface area contributed by atoms with Crippen LogP contribution in [0, 0.1) is 13.8 Å². The van der Waals surface area contributed by atoms with E-state index in [1.54, 1.807) is 6.08 Å². The van der Waals surface area contributed by atoms with Crippen LogP contribution in [0.25, 0.3) is 28.6 Å². The van der Waals surface area contributed by atoms with Gasteiger partial charge in [0.1, 0.15) is 5.52 Å². The summed E-state index contributed by atoms with van der Waals surface area (Å²) in [7, 11) is 0. The summed E-state index contributed by atoms with van der Waals surface area (Å²) < 4.78 is 5.90. The Morgan fingerprint density at radius 3 is 2.64 bits per heavy atom. The van der Waals surface area contributed by atoms with E-state index in [-0.39, 0.29) is 5.91 Å². The zero-order chi connectivity index (χ0) is 19.5. The number of nitrogens with one attached hydrogen (secondary N) is 1. The monoisotopic (exact) mass is 368 g/mol. The number of anilines is 1. The number of aryl methyl sites for hydroxylation is 2. The van der Waals surface area contributed by atoms with Crippen molar-refractivity contribution >= 4 is 28.8 Å². The maximum Gasteiger partial charge on any atom is 0.248 e. The average molecular weight is 368 g/mol. The Labute approximate surface area is 163 Å². The van der Waals surface area contributed by atoms with E-state index >= 15 is 0 Å². The molecular weight excluding hydrogens is 348 g/mol. The largest absolute Gasteiger partial charge is 0.436 e. The number of rotatable bonds is 4. The number of oxazole rings is 1. The summed E-state index contributed by atoms with van der Waals surface area (Å²) in [6, 6.07) is 21.4. The molecule has 138 valence electrons. The summed E-state index contributed by atoms with van der Waals surface area (Å²) >= 11 is 0. The molecule has 0 spiro atoms. The van der Waals surface area contributed by atoms with Gasteiger partial charge in [-0.15, -0.1) is 0 Å². The van der Waals surface area contributed by atoms with Gasteiger partial charge in [-0.3, -0.25) is 4.79 Å². The summed E-state index contributed by atoms with van der Waals surface area (Å²) in [6.45, 7) is 3.97. The molecule has 1 aromatic heterocycles. The lowest BCUT2D eigenvalue weighted by Gasteiger charge is -2.08. The Morgan fingerprint density at radius 1 is 1.00 bits per heavy atom. The number of nitrogens with zero attached hydrogens (tertiary/aromatic N) is 1. The SMILES string of the molecule is Cc1ccc2nc(-c3ccc(C)c(NC(=O)C=Cc4ccccc4)c3)oc2c1. The lowest BCUT2D eigenvalue weighted by atomic mass is 10.1. The lowest BCUT2D eigenvalue weighted by molar-refractivity contribution is -0.111. The van der Waals surface area contributed by atoms with Gasteiger partial charge in [-0.2, -0.15) is 0 Å². The zero-order valence-corrected chi connectivity index (χ0v) is 15.8. The van der Waals surface area contributed by atoms with Gasteiger partial charge < -0.3 is 9.73 Å².